The van der Waals surface area contributed by atoms with Crippen LogP contribution in [0, 0.1) is 16.7 Å². The van der Waals surface area contributed by atoms with Gasteiger partial charge in [0, 0.05) is 24.1 Å². The second-order valence-electron chi connectivity index (χ2n) is 14.1. The van der Waals surface area contributed by atoms with E-state index in [1.54, 1.807) is 18.2 Å². The normalized spacial score (nSPS) is 25.3. The van der Waals surface area contributed by atoms with Crippen LogP contribution in [0.5, 0.6) is 0 Å². The minimum absolute atomic E-state index is 0.0985. The fourth-order valence-corrected chi connectivity index (χ4v) is 6.76. The van der Waals surface area contributed by atoms with Gasteiger partial charge in [-0.25, -0.2) is 23.2 Å². The zero-order valence-electron chi connectivity index (χ0n) is 28.0. The van der Waals surface area contributed by atoms with E-state index in [-0.39, 0.29) is 29.1 Å². The minimum Gasteiger partial charge on any atom is -0.447 e. The first-order valence-corrected chi connectivity index (χ1v) is 16.5. The molecule has 19 heteroatoms. The van der Waals surface area contributed by atoms with Gasteiger partial charge in [-0.05, 0) is 41.5 Å². The van der Waals surface area contributed by atoms with E-state index in [4.69, 9.17) is 21.7 Å². The van der Waals surface area contributed by atoms with Gasteiger partial charge in [0.25, 0.3) is 11.8 Å². The highest BCUT2D eigenvalue weighted by molar-refractivity contribution is 6.33. The molecule has 278 valence electrons. The van der Waals surface area contributed by atoms with Gasteiger partial charge >= 0.3 is 18.7 Å². The zero-order valence-corrected chi connectivity index (χ0v) is 28.7. The number of ether oxygens (including phenoxy) is 1. The van der Waals surface area contributed by atoms with Gasteiger partial charge in [0.05, 0.1) is 29.2 Å². The number of carbonyl (C=O) groups is 2. The molecule has 0 spiro atoms. The average molecular weight is 754 g/mol. The second kappa shape index (κ2) is 13.3. The molecular formula is C33H34ClF6N9O3. The molecule has 6 rings (SSSR count). The number of guanidine groups is 1. The number of nitrogens with zero attached hydrogens (tertiary/aromatic N) is 6. The SMILES string of the molecule is CC(C)(C)C[C@]1(C2C=CC(c3cnn(C(F)F)c3)=CC2)NC(=N)N([C@H](COC(=O)N[C@@H]2CC2(F)F)c2ccc(Cl)c(N3N=CN=CC3(F)F)c2)C1=O. The van der Waals surface area contributed by atoms with Crippen LogP contribution in [-0.2, 0) is 9.53 Å². The van der Waals surface area contributed by atoms with Crippen molar-refractivity contribution in [1.82, 2.24) is 25.3 Å². The molecule has 1 unspecified atom stereocenters. The van der Waals surface area contributed by atoms with E-state index in [2.05, 4.69) is 25.8 Å². The third kappa shape index (κ3) is 7.25. The molecule has 4 aliphatic rings. The summed E-state index contributed by atoms with van der Waals surface area (Å²) < 4.78 is 89.0. The molecular weight excluding hydrogens is 720 g/mol. The van der Waals surface area contributed by atoms with Crippen molar-refractivity contribution < 1.29 is 40.7 Å². The van der Waals surface area contributed by atoms with E-state index in [1.165, 1.54) is 30.6 Å². The Morgan fingerprint density at radius 1 is 1.23 bits per heavy atom. The van der Waals surface area contributed by atoms with Crippen LogP contribution in [-0.4, -0.2) is 75.4 Å². The van der Waals surface area contributed by atoms with Crippen molar-refractivity contribution in [1.29, 1.82) is 5.41 Å². The third-order valence-corrected chi connectivity index (χ3v) is 9.31. The van der Waals surface area contributed by atoms with Gasteiger partial charge in [0.15, 0.2) is 5.96 Å². The number of halogens is 7. The smallest absolute Gasteiger partial charge is 0.407 e. The van der Waals surface area contributed by atoms with Crippen LogP contribution < -0.4 is 15.6 Å². The number of hydrogen-bond donors (Lipinski definition) is 3. The Hall–Kier alpha value is -4.87. The Balaban J connectivity index is 1.35. The Labute approximate surface area is 298 Å². The molecule has 3 heterocycles. The molecule has 1 aromatic heterocycles. The van der Waals surface area contributed by atoms with Crippen LogP contribution in [0.2, 0.25) is 5.02 Å². The fourth-order valence-electron chi connectivity index (χ4n) is 6.56. The van der Waals surface area contributed by atoms with E-state index in [9.17, 15) is 35.9 Å². The number of aromatic nitrogens is 2. The van der Waals surface area contributed by atoms with Crippen molar-refractivity contribution >= 4 is 53.4 Å². The second-order valence-corrected chi connectivity index (χ2v) is 14.5. The summed E-state index contributed by atoms with van der Waals surface area (Å²) in [5, 5.41) is 21.7. The molecule has 3 N–H and O–H groups in total. The van der Waals surface area contributed by atoms with Gasteiger partial charge in [-0.15, -0.1) is 0 Å². The van der Waals surface area contributed by atoms with Crippen LogP contribution in [0.15, 0.2) is 58.9 Å². The lowest BCUT2D eigenvalue weighted by molar-refractivity contribution is -0.136. The van der Waals surface area contributed by atoms with E-state index in [0.717, 1.165) is 11.2 Å². The molecule has 2 aromatic rings. The molecule has 0 bridgehead atoms. The number of alkyl halides is 6. The summed E-state index contributed by atoms with van der Waals surface area (Å²) in [6.45, 7) is 2.20. The lowest BCUT2D eigenvalue weighted by atomic mass is 9.70. The summed E-state index contributed by atoms with van der Waals surface area (Å²) in [6, 6.07) is -2.61. The molecule has 1 saturated carbocycles. The molecule has 0 radical (unpaired) electrons. The summed E-state index contributed by atoms with van der Waals surface area (Å²) in [5.74, 6) is -4.69. The van der Waals surface area contributed by atoms with Gasteiger partial charge in [-0.2, -0.15) is 32.8 Å². The number of alkyl carbamates (subject to hydrolysis) is 1. The molecule has 52 heavy (non-hydrogen) atoms. The van der Waals surface area contributed by atoms with Crippen molar-refractivity contribution in [2.75, 3.05) is 11.6 Å². The van der Waals surface area contributed by atoms with Crippen LogP contribution in [0.25, 0.3) is 5.57 Å². The first-order valence-electron chi connectivity index (χ1n) is 16.1. The molecule has 4 atom stereocenters. The number of benzene rings is 1. The van der Waals surface area contributed by atoms with Crippen molar-refractivity contribution in [2.24, 2.45) is 21.4 Å². The van der Waals surface area contributed by atoms with Gasteiger partial charge in [0.2, 0.25) is 0 Å². The minimum atomic E-state index is -3.70. The summed E-state index contributed by atoms with van der Waals surface area (Å²) in [6.07, 6.45) is 7.58. The first-order chi connectivity index (χ1) is 24.3. The molecule has 1 aromatic carbocycles. The highest BCUT2D eigenvalue weighted by Gasteiger charge is 2.59. The maximum atomic E-state index is 14.9. The largest absolute Gasteiger partial charge is 0.447 e. The Bertz CT molecular complexity index is 1890. The van der Waals surface area contributed by atoms with Gasteiger partial charge < -0.3 is 15.4 Å². The van der Waals surface area contributed by atoms with E-state index in [1.807, 2.05) is 20.8 Å². The molecule has 2 aliphatic heterocycles. The van der Waals surface area contributed by atoms with Crippen molar-refractivity contribution in [3.8, 4) is 0 Å². The van der Waals surface area contributed by atoms with Crippen molar-refractivity contribution in [2.45, 2.75) is 76.2 Å². The van der Waals surface area contributed by atoms with Crippen LogP contribution in [0.3, 0.4) is 0 Å². The number of carbonyl (C=O) groups excluding carboxylic acids is 2. The number of amides is 2. The Morgan fingerprint density at radius 2 is 1.96 bits per heavy atom. The summed E-state index contributed by atoms with van der Waals surface area (Å²) >= 11 is 6.34. The van der Waals surface area contributed by atoms with Crippen LogP contribution >= 0.6 is 11.6 Å². The summed E-state index contributed by atoms with van der Waals surface area (Å²) in [7, 11) is 0. The lowest BCUT2D eigenvalue weighted by Gasteiger charge is -2.39. The number of aliphatic imine (C=N–C) groups is 1. The van der Waals surface area contributed by atoms with Crippen molar-refractivity contribution in [3.05, 3.63) is 65.0 Å². The highest BCUT2D eigenvalue weighted by Crippen LogP contribution is 2.45. The summed E-state index contributed by atoms with van der Waals surface area (Å²) in [5.41, 5.74) is -1.14. The molecule has 1 saturated heterocycles. The first kappa shape index (κ1) is 36.9. The van der Waals surface area contributed by atoms with Gasteiger partial charge in [-0.1, -0.05) is 56.7 Å². The molecule has 2 fully saturated rings. The zero-order chi connectivity index (χ0) is 37.8. The standard InChI is InChI=1S/C33H34ClF6N9O3/c1-30(2,3)15-31(21-7-4-18(5-8-21)20-12-43-47(13-20)27(35)36)26(50)48(28(41)46-31)24(14-52-29(51)45-25-11-32(25,37)38)19-6-9-22(34)23(10-19)49-33(39,40)16-42-17-44-49/h4-7,9-10,12-13,16-17,21,24-25,27H,8,11,14-15H2,1-3H3,(H2,41,46)(H,45,51)/t21?,24-,25-,31-/m1/s1. The predicted molar refractivity (Wildman–Crippen MR) is 180 cm³/mol. The summed E-state index contributed by atoms with van der Waals surface area (Å²) in [4.78, 5) is 31.9. The van der Waals surface area contributed by atoms with Crippen LogP contribution in [0.1, 0.15) is 63.8 Å². The average Bonchev–Trinajstić information content (AvgIpc) is 3.35. The van der Waals surface area contributed by atoms with Gasteiger partial charge in [-0.3, -0.25) is 15.1 Å². The molecule has 12 nitrogen and oxygen atoms in total. The number of hydrogen-bond acceptors (Lipinski definition) is 8. The maximum Gasteiger partial charge on any atom is 0.407 e. The fraction of sp³-hybridized carbons (Fsp3) is 0.455. The monoisotopic (exact) mass is 753 g/mol. The molecule has 2 aliphatic carbocycles. The Kier molecular flexibility index (Phi) is 9.42. The van der Waals surface area contributed by atoms with E-state index in [0.29, 0.717) is 27.0 Å². The topological polar surface area (TPSA) is 140 Å². The number of rotatable bonds is 10. The number of hydrazone groups is 1. The van der Waals surface area contributed by atoms with Gasteiger partial charge in [0.1, 0.15) is 24.5 Å². The predicted octanol–water partition coefficient (Wildman–Crippen LogP) is 6.73. The van der Waals surface area contributed by atoms with Crippen LogP contribution in [0.4, 0.5) is 36.8 Å². The number of nitrogens with one attached hydrogen (secondary N) is 3. The Morgan fingerprint density at radius 3 is 2.56 bits per heavy atom. The van der Waals surface area contributed by atoms with E-state index < -0.39 is 78.5 Å². The lowest BCUT2D eigenvalue weighted by Crippen LogP contribution is -2.55. The van der Waals surface area contributed by atoms with E-state index >= 15 is 0 Å². The third-order valence-electron chi connectivity index (χ3n) is 8.99. The quantitative estimate of drug-likeness (QED) is 0.182. The number of anilines is 1. The number of allylic oxidation sites excluding steroid dienone is 3. The van der Waals surface area contributed by atoms with Crippen molar-refractivity contribution in [3.63, 3.8) is 0 Å². The highest BCUT2D eigenvalue weighted by atomic mass is 35.5. The maximum absolute atomic E-state index is 14.9. The molecule has 2 amide bonds.